The minimum Gasteiger partial charge on any atom is -0.302 e. The Kier molecular flexibility index (Phi) is 4.79. The first kappa shape index (κ1) is 16.2. The Morgan fingerprint density at radius 1 is 1.22 bits per heavy atom. The Labute approximate surface area is 141 Å². The van der Waals surface area contributed by atoms with E-state index in [1.165, 1.54) is 15.9 Å². The highest BCUT2D eigenvalue weighted by Gasteiger charge is 2.15. The lowest BCUT2D eigenvalue weighted by molar-refractivity contribution is 0.287. The molecule has 0 aliphatic rings. The van der Waals surface area contributed by atoms with E-state index >= 15 is 0 Å². The third kappa shape index (κ3) is 3.04. The highest BCUT2D eigenvalue weighted by Crippen LogP contribution is 2.32. The van der Waals surface area contributed by atoms with Crippen molar-refractivity contribution >= 4 is 32.9 Å². The Morgan fingerprint density at radius 3 is 2.65 bits per heavy atom. The van der Waals surface area contributed by atoms with Crippen molar-refractivity contribution in [3.63, 3.8) is 0 Å². The molecule has 23 heavy (non-hydrogen) atoms. The van der Waals surface area contributed by atoms with Gasteiger partial charge in [0.2, 0.25) is 0 Å². The number of hydrogen-bond acceptors (Lipinski definition) is 5. The fourth-order valence-electron chi connectivity index (χ4n) is 2.65. The summed E-state index contributed by atoms with van der Waals surface area (Å²) in [6.45, 7) is 7.07. The molecule has 0 amide bonds. The van der Waals surface area contributed by atoms with Crippen molar-refractivity contribution in [1.82, 2.24) is 14.5 Å². The zero-order valence-corrected chi connectivity index (χ0v) is 14.8. The smallest absolute Gasteiger partial charge is 0.302 e. The summed E-state index contributed by atoms with van der Waals surface area (Å²) in [5.74, 6) is 0. The molecule has 122 valence electrons. The highest BCUT2D eigenvalue weighted by atomic mass is 32.1. The molecule has 3 aromatic rings. The molecule has 0 aromatic carbocycles. The van der Waals surface area contributed by atoms with Gasteiger partial charge in [0.05, 0.1) is 5.39 Å². The van der Waals surface area contributed by atoms with Gasteiger partial charge in [-0.1, -0.05) is 19.9 Å². The predicted molar refractivity (Wildman–Crippen MR) is 97.8 cm³/mol. The van der Waals surface area contributed by atoms with E-state index in [1.807, 2.05) is 22.9 Å². The molecule has 0 atom stereocenters. The predicted octanol–water partition coefficient (Wildman–Crippen LogP) is 2.82. The van der Waals surface area contributed by atoms with Crippen LogP contribution in [0.25, 0.3) is 20.7 Å². The van der Waals surface area contributed by atoms with Gasteiger partial charge >= 0.3 is 5.69 Å². The number of aromatic nitrogens is 2. The standard InChI is InChI=1S/C16H19N3O2S2/c1-3-18(4-2)7-8-19-15(20)13-11(12-6-5-9-22-12)10-23-14(13)17-16(19)21/h5-6,9-10H,3-4,7-8H2,1-2H3,(H,17,21). The SMILES string of the molecule is CCN(CC)CCn1c(=O)[nH]c2scc(-c3cccs3)c2c1=O. The second kappa shape index (κ2) is 6.82. The number of H-pyrrole nitrogens is 1. The van der Waals surface area contributed by atoms with Gasteiger partial charge in [-0.15, -0.1) is 22.7 Å². The van der Waals surface area contributed by atoms with E-state index < -0.39 is 0 Å². The lowest BCUT2D eigenvalue weighted by atomic mass is 10.2. The fraction of sp³-hybridized carbons (Fsp3) is 0.375. The number of aromatic amines is 1. The Morgan fingerprint density at radius 2 is 2.00 bits per heavy atom. The molecule has 0 fully saturated rings. The molecule has 3 heterocycles. The molecule has 3 rings (SSSR count). The quantitative estimate of drug-likeness (QED) is 0.744. The minimum atomic E-state index is -0.325. The molecule has 1 N–H and O–H groups in total. The third-order valence-electron chi connectivity index (χ3n) is 4.04. The first-order valence-corrected chi connectivity index (χ1v) is 9.42. The maximum atomic E-state index is 12.9. The summed E-state index contributed by atoms with van der Waals surface area (Å²) < 4.78 is 1.32. The summed E-state index contributed by atoms with van der Waals surface area (Å²) in [5.41, 5.74) is 0.396. The van der Waals surface area contributed by atoms with Gasteiger partial charge < -0.3 is 4.90 Å². The Hall–Kier alpha value is -1.70. The van der Waals surface area contributed by atoms with Gasteiger partial charge in [0, 0.05) is 28.9 Å². The van der Waals surface area contributed by atoms with Crippen LogP contribution in [0.1, 0.15) is 13.8 Å². The number of rotatable bonds is 6. The molecule has 0 unspecified atom stereocenters. The maximum absolute atomic E-state index is 12.9. The summed E-state index contributed by atoms with van der Waals surface area (Å²) >= 11 is 3.01. The zero-order chi connectivity index (χ0) is 16.4. The van der Waals surface area contributed by atoms with Crippen molar-refractivity contribution < 1.29 is 0 Å². The molecule has 0 radical (unpaired) electrons. The third-order valence-corrected chi connectivity index (χ3v) is 5.84. The van der Waals surface area contributed by atoms with Gasteiger partial charge in [-0.3, -0.25) is 14.3 Å². The first-order chi connectivity index (χ1) is 11.2. The van der Waals surface area contributed by atoms with Crippen LogP contribution in [-0.4, -0.2) is 34.1 Å². The van der Waals surface area contributed by atoms with Crippen molar-refractivity contribution in [3.8, 4) is 10.4 Å². The highest BCUT2D eigenvalue weighted by molar-refractivity contribution is 7.18. The van der Waals surface area contributed by atoms with Crippen LogP contribution in [0.2, 0.25) is 0 Å². The minimum absolute atomic E-state index is 0.194. The van der Waals surface area contributed by atoms with Crippen molar-refractivity contribution in [3.05, 3.63) is 43.7 Å². The summed E-state index contributed by atoms with van der Waals surface area (Å²) in [7, 11) is 0. The average Bonchev–Trinajstić information content (AvgIpc) is 3.19. The van der Waals surface area contributed by atoms with Gasteiger partial charge in [0.25, 0.3) is 5.56 Å². The van der Waals surface area contributed by atoms with Crippen LogP contribution in [0.5, 0.6) is 0 Å². The summed E-state index contributed by atoms with van der Waals surface area (Å²) in [4.78, 5) is 31.8. The molecule has 0 aliphatic heterocycles. The lowest BCUT2D eigenvalue weighted by Gasteiger charge is -2.18. The van der Waals surface area contributed by atoms with E-state index in [-0.39, 0.29) is 11.2 Å². The molecule has 5 nitrogen and oxygen atoms in total. The number of nitrogens with zero attached hydrogens (tertiary/aromatic N) is 2. The average molecular weight is 349 g/mol. The van der Waals surface area contributed by atoms with Crippen LogP contribution in [0, 0.1) is 0 Å². The van der Waals surface area contributed by atoms with Gasteiger partial charge in [-0.05, 0) is 24.5 Å². The first-order valence-electron chi connectivity index (χ1n) is 7.66. The topological polar surface area (TPSA) is 58.1 Å². The number of fused-ring (bicyclic) bond motifs is 1. The lowest BCUT2D eigenvalue weighted by Crippen LogP contribution is -2.39. The number of likely N-dealkylation sites (N-methyl/N-ethyl adjacent to an activating group) is 1. The van der Waals surface area contributed by atoms with Crippen LogP contribution in [-0.2, 0) is 6.54 Å². The normalized spacial score (nSPS) is 11.6. The van der Waals surface area contributed by atoms with Gasteiger partial charge in [-0.2, -0.15) is 0 Å². The van der Waals surface area contributed by atoms with Crippen LogP contribution in [0.3, 0.4) is 0 Å². The Balaban J connectivity index is 2.07. The van der Waals surface area contributed by atoms with Crippen molar-refractivity contribution in [1.29, 1.82) is 0 Å². The molecule has 0 saturated heterocycles. The summed E-state index contributed by atoms with van der Waals surface area (Å²) in [6.07, 6.45) is 0. The van der Waals surface area contributed by atoms with E-state index in [0.717, 1.165) is 23.5 Å². The Bertz CT molecular complexity index is 902. The number of thiophene rings is 2. The second-order valence-electron chi connectivity index (χ2n) is 5.24. The molecule has 3 aromatic heterocycles. The summed E-state index contributed by atoms with van der Waals surface area (Å²) in [6, 6.07) is 3.96. The van der Waals surface area contributed by atoms with Crippen LogP contribution in [0.4, 0.5) is 0 Å². The maximum Gasteiger partial charge on any atom is 0.329 e. The van der Waals surface area contributed by atoms with Gasteiger partial charge in [0.15, 0.2) is 0 Å². The van der Waals surface area contributed by atoms with Crippen LogP contribution < -0.4 is 11.2 Å². The van der Waals surface area contributed by atoms with E-state index in [2.05, 4.69) is 23.7 Å². The second-order valence-corrected chi connectivity index (χ2v) is 7.07. The fourth-order valence-corrected chi connectivity index (χ4v) is 4.42. The molecule has 0 saturated carbocycles. The van der Waals surface area contributed by atoms with E-state index in [1.54, 1.807) is 11.3 Å². The van der Waals surface area contributed by atoms with Gasteiger partial charge in [0.1, 0.15) is 4.83 Å². The van der Waals surface area contributed by atoms with Gasteiger partial charge in [-0.25, -0.2) is 4.79 Å². The molecule has 0 spiro atoms. The van der Waals surface area contributed by atoms with Crippen molar-refractivity contribution in [2.75, 3.05) is 19.6 Å². The number of nitrogens with one attached hydrogen (secondary N) is 1. The largest absolute Gasteiger partial charge is 0.329 e. The monoisotopic (exact) mass is 349 g/mol. The van der Waals surface area contributed by atoms with Crippen LogP contribution >= 0.6 is 22.7 Å². The zero-order valence-electron chi connectivity index (χ0n) is 13.2. The van der Waals surface area contributed by atoms with E-state index in [0.29, 0.717) is 23.3 Å². The molecular formula is C16H19N3O2S2. The van der Waals surface area contributed by atoms with E-state index in [4.69, 9.17) is 0 Å². The van der Waals surface area contributed by atoms with Crippen LogP contribution in [0.15, 0.2) is 32.5 Å². The van der Waals surface area contributed by atoms with Crippen molar-refractivity contribution in [2.45, 2.75) is 20.4 Å². The number of hydrogen-bond donors (Lipinski definition) is 1. The molecular weight excluding hydrogens is 330 g/mol. The molecule has 7 heteroatoms. The van der Waals surface area contributed by atoms with E-state index in [9.17, 15) is 9.59 Å². The van der Waals surface area contributed by atoms with Crippen molar-refractivity contribution in [2.24, 2.45) is 0 Å². The molecule has 0 aliphatic carbocycles. The summed E-state index contributed by atoms with van der Waals surface area (Å²) in [5, 5.41) is 4.56. The molecule has 0 bridgehead atoms.